The molecule has 0 radical (unpaired) electrons. The van der Waals surface area contributed by atoms with E-state index in [1.807, 2.05) is 0 Å². The molecule has 0 spiro atoms. The molecule has 1 atom stereocenters. The van der Waals surface area contributed by atoms with Crippen molar-refractivity contribution in [2.45, 2.75) is 46.6 Å². The Morgan fingerprint density at radius 2 is 1.68 bits per heavy atom. The highest BCUT2D eigenvalue weighted by atomic mass is 15.1. The predicted octanol–water partition coefficient (Wildman–Crippen LogP) is 3.63. The smallest absolute Gasteiger partial charge is 0.0292 e. The third-order valence-corrected chi connectivity index (χ3v) is 3.79. The van der Waals surface area contributed by atoms with Gasteiger partial charge in [-0.25, -0.2) is 0 Å². The summed E-state index contributed by atoms with van der Waals surface area (Å²) < 4.78 is 0. The molecule has 0 aliphatic carbocycles. The molecule has 0 amide bonds. The van der Waals surface area contributed by atoms with Gasteiger partial charge in [-0.15, -0.1) is 0 Å². The van der Waals surface area contributed by atoms with Crippen molar-refractivity contribution < 1.29 is 0 Å². The topological polar surface area (TPSA) is 15.3 Å². The van der Waals surface area contributed by atoms with E-state index in [0.717, 1.165) is 26.2 Å². The van der Waals surface area contributed by atoms with E-state index in [9.17, 15) is 0 Å². The van der Waals surface area contributed by atoms with Crippen molar-refractivity contribution in [3.63, 3.8) is 0 Å². The lowest BCUT2D eigenvalue weighted by Crippen LogP contribution is -2.33. The summed E-state index contributed by atoms with van der Waals surface area (Å²) in [6, 6.07) is 9.49. The minimum Gasteiger partial charge on any atom is -0.309 e. The van der Waals surface area contributed by atoms with Crippen molar-refractivity contribution >= 4 is 0 Å². The zero-order valence-corrected chi connectivity index (χ0v) is 13.1. The van der Waals surface area contributed by atoms with Crippen LogP contribution in [0.15, 0.2) is 24.3 Å². The molecule has 0 heterocycles. The molecule has 1 N–H and O–H groups in total. The molecule has 0 aliphatic heterocycles. The van der Waals surface area contributed by atoms with Crippen molar-refractivity contribution in [1.82, 2.24) is 10.2 Å². The maximum atomic E-state index is 3.61. The van der Waals surface area contributed by atoms with Gasteiger partial charge in [-0.2, -0.15) is 0 Å². The fraction of sp³-hybridized carbons (Fsp3) is 0.647. The van der Waals surface area contributed by atoms with Crippen molar-refractivity contribution in [3.05, 3.63) is 35.4 Å². The molecule has 1 aromatic carbocycles. The van der Waals surface area contributed by atoms with Crippen LogP contribution in [0.1, 0.15) is 51.3 Å². The van der Waals surface area contributed by atoms with E-state index in [-0.39, 0.29) is 0 Å². The average Bonchev–Trinajstić information content (AvgIpc) is 2.44. The first-order valence-electron chi connectivity index (χ1n) is 7.75. The minimum absolute atomic E-state index is 0.436. The summed E-state index contributed by atoms with van der Waals surface area (Å²) in [5.41, 5.74) is 2.83. The number of hydrogen-bond donors (Lipinski definition) is 1. The first-order valence-corrected chi connectivity index (χ1v) is 7.75. The number of rotatable bonds is 9. The van der Waals surface area contributed by atoms with Gasteiger partial charge in [0.05, 0.1) is 0 Å². The standard InChI is InChI=1S/C17H30N2/c1-5-8-16-9-11-17(12-10-16)15(4)18-13-14-19(6-2)7-3/h9-12,15,18H,5-8,13-14H2,1-4H3. The van der Waals surface area contributed by atoms with Crippen LogP contribution < -0.4 is 5.32 Å². The van der Waals surface area contributed by atoms with E-state index in [4.69, 9.17) is 0 Å². The van der Waals surface area contributed by atoms with Gasteiger partial charge in [0.15, 0.2) is 0 Å². The Hall–Kier alpha value is -0.860. The summed E-state index contributed by atoms with van der Waals surface area (Å²) in [5, 5.41) is 3.61. The van der Waals surface area contributed by atoms with Crippen LogP contribution >= 0.6 is 0 Å². The summed E-state index contributed by atoms with van der Waals surface area (Å²) in [4.78, 5) is 2.45. The van der Waals surface area contributed by atoms with E-state index in [0.29, 0.717) is 6.04 Å². The quantitative estimate of drug-likeness (QED) is 0.731. The van der Waals surface area contributed by atoms with Crippen LogP contribution in [0.5, 0.6) is 0 Å². The number of hydrogen-bond acceptors (Lipinski definition) is 2. The maximum absolute atomic E-state index is 3.61. The second kappa shape index (κ2) is 9.11. The van der Waals surface area contributed by atoms with Crippen LogP contribution in [-0.4, -0.2) is 31.1 Å². The molecular weight excluding hydrogens is 232 g/mol. The minimum atomic E-state index is 0.436. The second-order valence-corrected chi connectivity index (χ2v) is 5.19. The Bertz CT molecular complexity index is 328. The average molecular weight is 262 g/mol. The maximum Gasteiger partial charge on any atom is 0.0292 e. The Kier molecular flexibility index (Phi) is 7.76. The SMILES string of the molecule is CCCc1ccc(C(C)NCCN(CC)CC)cc1. The van der Waals surface area contributed by atoms with Gasteiger partial charge in [0.2, 0.25) is 0 Å². The number of aryl methyl sites for hydroxylation is 1. The summed E-state index contributed by atoms with van der Waals surface area (Å²) in [6.07, 6.45) is 2.40. The Morgan fingerprint density at radius 3 is 2.21 bits per heavy atom. The second-order valence-electron chi connectivity index (χ2n) is 5.19. The lowest BCUT2D eigenvalue weighted by Gasteiger charge is -2.20. The van der Waals surface area contributed by atoms with E-state index in [1.54, 1.807) is 0 Å². The highest BCUT2D eigenvalue weighted by Crippen LogP contribution is 2.14. The fourth-order valence-corrected chi connectivity index (χ4v) is 2.36. The van der Waals surface area contributed by atoms with E-state index >= 15 is 0 Å². The highest BCUT2D eigenvalue weighted by Gasteiger charge is 2.05. The number of nitrogens with zero attached hydrogens (tertiary/aromatic N) is 1. The number of likely N-dealkylation sites (N-methyl/N-ethyl adjacent to an activating group) is 1. The largest absolute Gasteiger partial charge is 0.309 e. The van der Waals surface area contributed by atoms with Crippen molar-refractivity contribution in [2.24, 2.45) is 0 Å². The molecule has 0 saturated carbocycles. The first-order chi connectivity index (χ1) is 9.21. The molecule has 1 rings (SSSR count). The molecule has 0 bridgehead atoms. The molecule has 0 aliphatic rings. The molecular formula is C17H30N2. The van der Waals surface area contributed by atoms with Gasteiger partial charge in [0, 0.05) is 19.1 Å². The van der Waals surface area contributed by atoms with Crippen molar-refractivity contribution in [2.75, 3.05) is 26.2 Å². The normalized spacial score (nSPS) is 12.9. The summed E-state index contributed by atoms with van der Waals surface area (Å²) in [7, 11) is 0. The van der Waals surface area contributed by atoms with Gasteiger partial charge < -0.3 is 10.2 Å². The lowest BCUT2D eigenvalue weighted by atomic mass is 10.0. The zero-order chi connectivity index (χ0) is 14.1. The molecule has 0 saturated heterocycles. The van der Waals surface area contributed by atoms with Gasteiger partial charge in [0.1, 0.15) is 0 Å². The van der Waals surface area contributed by atoms with Crippen LogP contribution in [-0.2, 0) is 6.42 Å². The molecule has 0 fully saturated rings. The van der Waals surface area contributed by atoms with Crippen LogP contribution in [0, 0.1) is 0 Å². The van der Waals surface area contributed by atoms with Crippen molar-refractivity contribution in [3.8, 4) is 0 Å². The molecule has 2 nitrogen and oxygen atoms in total. The molecule has 1 aromatic rings. The first kappa shape index (κ1) is 16.2. The summed E-state index contributed by atoms with van der Waals surface area (Å²) >= 11 is 0. The fourth-order valence-electron chi connectivity index (χ4n) is 2.36. The molecule has 108 valence electrons. The number of nitrogens with one attached hydrogen (secondary N) is 1. The van der Waals surface area contributed by atoms with Crippen LogP contribution in [0.4, 0.5) is 0 Å². The highest BCUT2D eigenvalue weighted by molar-refractivity contribution is 5.24. The third-order valence-electron chi connectivity index (χ3n) is 3.79. The van der Waals surface area contributed by atoms with Gasteiger partial charge in [-0.3, -0.25) is 0 Å². The monoisotopic (exact) mass is 262 g/mol. The zero-order valence-electron chi connectivity index (χ0n) is 13.1. The molecule has 0 aromatic heterocycles. The Labute approximate surface area is 119 Å². The van der Waals surface area contributed by atoms with Gasteiger partial charge in [-0.1, -0.05) is 51.5 Å². The van der Waals surface area contributed by atoms with E-state index in [1.165, 1.54) is 24.0 Å². The number of benzene rings is 1. The molecule has 2 heteroatoms. The van der Waals surface area contributed by atoms with Gasteiger partial charge >= 0.3 is 0 Å². The van der Waals surface area contributed by atoms with E-state index in [2.05, 4.69) is 62.2 Å². The van der Waals surface area contributed by atoms with Crippen LogP contribution in [0.2, 0.25) is 0 Å². The van der Waals surface area contributed by atoms with Crippen LogP contribution in [0.25, 0.3) is 0 Å². The Morgan fingerprint density at radius 1 is 1.05 bits per heavy atom. The molecule has 19 heavy (non-hydrogen) atoms. The van der Waals surface area contributed by atoms with Crippen molar-refractivity contribution in [1.29, 1.82) is 0 Å². The Balaban J connectivity index is 2.38. The van der Waals surface area contributed by atoms with Gasteiger partial charge in [0.25, 0.3) is 0 Å². The summed E-state index contributed by atoms with van der Waals surface area (Å²) in [6.45, 7) is 13.4. The summed E-state index contributed by atoms with van der Waals surface area (Å²) in [5.74, 6) is 0. The van der Waals surface area contributed by atoms with Crippen LogP contribution in [0.3, 0.4) is 0 Å². The lowest BCUT2D eigenvalue weighted by molar-refractivity contribution is 0.298. The third kappa shape index (κ3) is 5.75. The van der Waals surface area contributed by atoms with E-state index < -0.39 is 0 Å². The van der Waals surface area contributed by atoms with Gasteiger partial charge in [-0.05, 0) is 37.6 Å². The predicted molar refractivity (Wildman–Crippen MR) is 84.6 cm³/mol. The molecule has 1 unspecified atom stereocenters.